The van der Waals surface area contributed by atoms with Crippen molar-refractivity contribution in [1.29, 1.82) is 0 Å². The van der Waals surface area contributed by atoms with Gasteiger partial charge in [-0.25, -0.2) is 4.79 Å². The predicted molar refractivity (Wildman–Crippen MR) is 135 cm³/mol. The standard InChI is InChI=1S/C20H36N8O8S/c1-37-8-6-12(18(34)28-13(19(35)36)3-2-7-25-20(23)24)27-17(33)11(4-5-14(22)29)26-16(32)10(21)9-15(30)31/h10-13H,2-9,21H2,1H3,(H2,22,29)(H,26,32)(H,27,33)(H,28,34)(H,30,31)(H,35,36)(H4,23,24,25). The van der Waals surface area contributed by atoms with Crippen molar-refractivity contribution < 1.29 is 39.0 Å². The van der Waals surface area contributed by atoms with Crippen LogP contribution in [0.1, 0.15) is 38.5 Å². The Morgan fingerprint density at radius 3 is 1.86 bits per heavy atom. The normalized spacial score (nSPS) is 13.8. The fraction of sp³-hybridized carbons (Fsp3) is 0.650. The number of primary amides is 1. The number of hydrogen-bond acceptors (Lipinski definition) is 9. The molecule has 4 unspecified atom stereocenters. The molecular weight excluding hydrogens is 512 g/mol. The molecule has 0 aromatic rings. The lowest BCUT2D eigenvalue weighted by Gasteiger charge is -2.25. The maximum Gasteiger partial charge on any atom is 0.326 e. The van der Waals surface area contributed by atoms with E-state index in [0.717, 1.165) is 0 Å². The summed E-state index contributed by atoms with van der Waals surface area (Å²) in [6.07, 6.45) is 0.911. The fourth-order valence-corrected chi connectivity index (χ4v) is 3.40. The van der Waals surface area contributed by atoms with Crippen molar-refractivity contribution in [2.45, 2.75) is 62.7 Å². The molecule has 210 valence electrons. The second kappa shape index (κ2) is 17.8. The molecule has 37 heavy (non-hydrogen) atoms. The molecule has 0 heterocycles. The summed E-state index contributed by atoms with van der Waals surface area (Å²) in [5, 5.41) is 25.4. The molecule has 0 saturated carbocycles. The molecule has 0 aliphatic rings. The number of carboxylic acids is 2. The highest BCUT2D eigenvalue weighted by Crippen LogP contribution is 2.07. The SMILES string of the molecule is CSCCC(NC(=O)C(CCC(N)=O)NC(=O)C(N)CC(=O)O)C(=O)NC(CCCN=C(N)N)C(=O)O. The highest BCUT2D eigenvalue weighted by atomic mass is 32.2. The number of carboxylic acid groups (broad SMARTS) is 2. The van der Waals surface area contributed by atoms with Crippen LogP contribution in [0.4, 0.5) is 0 Å². The molecule has 4 atom stereocenters. The zero-order valence-corrected chi connectivity index (χ0v) is 21.3. The van der Waals surface area contributed by atoms with E-state index >= 15 is 0 Å². The van der Waals surface area contributed by atoms with Crippen LogP contribution in [0.25, 0.3) is 0 Å². The van der Waals surface area contributed by atoms with Crippen LogP contribution in [-0.2, 0) is 28.8 Å². The Bertz CT molecular complexity index is 852. The number of nitrogens with one attached hydrogen (secondary N) is 3. The van der Waals surface area contributed by atoms with Gasteiger partial charge in [-0.05, 0) is 37.7 Å². The van der Waals surface area contributed by atoms with E-state index in [1.165, 1.54) is 11.8 Å². The van der Waals surface area contributed by atoms with Gasteiger partial charge >= 0.3 is 11.9 Å². The van der Waals surface area contributed by atoms with Gasteiger partial charge in [0.15, 0.2) is 5.96 Å². The van der Waals surface area contributed by atoms with Gasteiger partial charge in [-0.15, -0.1) is 0 Å². The summed E-state index contributed by atoms with van der Waals surface area (Å²) in [6.45, 7) is 0.153. The third kappa shape index (κ3) is 15.2. The van der Waals surface area contributed by atoms with Crippen LogP contribution in [0.5, 0.6) is 0 Å². The summed E-state index contributed by atoms with van der Waals surface area (Å²) in [6, 6.07) is -5.29. The molecule has 0 spiro atoms. The molecule has 0 aromatic carbocycles. The van der Waals surface area contributed by atoms with Crippen LogP contribution >= 0.6 is 11.8 Å². The molecule has 0 aromatic heterocycles. The minimum Gasteiger partial charge on any atom is -0.481 e. The number of thioether (sulfide) groups is 1. The number of nitrogens with two attached hydrogens (primary N) is 4. The van der Waals surface area contributed by atoms with E-state index in [2.05, 4.69) is 20.9 Å². The highest BCUT2D eigenvalue weighted by Gasteiger charge is 2.30. The Labute approximate surface area is 217 Å². The number of amides is 4. The molecule has 0 saturated heterocycles. The van der Waals surface area contributed by atoms with E-state index in [0.29, 0.717) is 5.75 Å². The van der Waals surface area contributed by atoms with Crippen LogP contribution in [0.3, 0.4) is 0 Å². The second-order valence-corrected chi connectivity index (χ2v) is 8.95. The van der Waals surface area contributed by atoms with Gasteiger partial charge in [0.05, 0.1) is 12.5 Å². The Hall–Kier alpha value is -3.60. The lowest BCUT2D eigenvalue weighted by Crippen LogP contribution is -2.57. The molecule has 0 bridgehead atoms. The first-order valence-corrected chi connectivity index (χ1v) is 12.6. The predicted octanol–water partition coefficient (Wildman–Crippen LogP) is -3.60. The number of nitrogens with zero attached hydrogens (tertiary/aromatic N) is 1. The van der Waals surface area contributed by atoms with Gasteiger partial charge in [-0.3, -0.25) is 29.0 Å². The van der Waals surface area contributed by atoms with Crippen molar-refractivity contribution >= 4 is 53.3 Å². The summed E-state index contributed by atoms with van der Waals surface area (Å²) < 4.78 is 0. The Kier molecular flexibility index (Phi) is 16.0. The molecule has 0 rings (SSSR count). The van der Waals surface area contributed by atoms with Crippen molar-refractivity contribution in [3.8, 4) is 0 Å². The zero-order chi connectivity index (χ0) is 28.5. The maximum atomic E-state index is 12.9. The number of rotatable bonds is 19. The van der Waals surface area contributed by atoms with Gasteiger partial charge in [0.1, 0.15) is 18.1 Å². The molecule has 0 aliphatic carbocycles. The Morgan fingerprint density at radius 2 is 1.38 bits per heavy atom. The van der Waals surface area contributed by atoms with Crippen molar-refractivity contribution in [3.63, 3.8) is 0 Å². The first kappa shape index (κ1) is 33.4. The third-order valence-electron chi connectivity index (χ3n) is 4.85. The second-order valence-electron chi connectivity index (χ2n) is 7.96. The van der Waals surface area contributed by atoms with E-state index in [9.17, 15) is 33.9 Å². The van der Waals surface area contributed by atoms with Crippen molar-refractivity contribution in [3.05, 3.63) is 0 Å². The van der Waals surface area contributed by atoms with Crippen LogP contribution in [0.2, 0.25) is 0 Å². The summed E-state index contributed by atoms with van der Waals surface area (Å²) in [7, 11) is 0. The molecule has 0 radical (unpaired) electrons. The van der Waals surface area contributed by atoms with Gasteiger partial charge < -0.3 is 49.1 Å². The molecule has 0 aliphatic heterocycles. The van der Waals surface area contributed by atoms with E-state index in [1.807, 2.05) is 0 Å². The summed E-state index contributed by atoms with van der Waals surface area (Å²) in [4.78, 5) is 75.4. The van der Waals surface area contributed by atoms with Crippen LogP contribution in [-0.4, -0.2) is 94.5 Å². The highest BCUT2D eigenvalue weighted by molar-refractivity contribution is 7.98. The van der Waals surface area contributed by atoms with E-state index in [1.54, 1.807) is 6.26 Å². The number of carbonyl (C=O) groups is 6. The fourth-order valence-electron chi connectivity index (χ4n) is 2.93. The van der Waals surface area contributed by atoms with Crippen LogP contribution in [0, 0.1) is 0 Å². The van der Waals surface area contributed by atoms with Crippen molar-refractivity contribution in [1.82, 2.24) is 16.0 Å². The summed E-state index contributed by atoms with van der Waals surface area (Å²) in [5.41, 5.74) is 21.1. The average Bonchev–Trinajstić information content (AvgIpc) is 2.79. The number of hydrogen-bond donors (Lipinski definition) is 9. The zero-order valence-electron chi connectivity index (χ0n) is 20.5. The van der Waals surface area contributed by atoms with Gasteiger partial charge in [-0.1, -0.05) is 0 Å². The summed E-state index contributed by atoms with van der Waals surface area (Å²) >= 11 is 1.37. The third-order valence-corrected chi connectivity index (χ3v) is 5.49. The molecule has 13 N–H and O–H groups in total. The number of guanidine groups is 1. The minimum absolute atomic E-state index is 0.0137. The molecular formula is C20H36N8O8S. The van der Waals surface area contributed by atoms with Gasteiger partial charge in [0.25, 0.3) is 0 Å². The first-order valence-electron chi connectivity index (χ1n) is 11.2. The molecule has 17 heteroatoms. The summed E-state index contributed by atoms with van der Waals surface area (Å²) in [5.74, 6) is -5.72. The van der Waals surface area contributed by atoms with Gasteiger partial charge in [-0.2, -0.15) is 11.8 Å². The Balaban J connectivity index is 5.51. The monoisotopic (exact) mass is 548 g/mol. The van der Waals surface area contributed by atoms with Gasteiger partial charge in [0, 0.05) is 13.0 Å². The van der Waals surface area contributed by atoms with Crippen LogP contribution < -0.4 is 38.9 Å². The minimum atomic E-state index is -1.47. The van der Waals surface area contributed by atoms with Crippen LogP contribution in [0.15, 0.2) is 4.99 Å². The number of carbonyl (C=O) groups excluding carboxylic acids is 4. The number of aliphatic imine (C=N–C) groups is 1. The van der Waals surface area contributed by atoms with E-state index < -0.39 is 66.2 Å². The maximum absolute atomic E-state index is 12.9. The lowest BCUT2D eigenvalue weighted by molar-refractivity contribution is -0.142. The van der Waals surface area contributed by atoms with Crippen molar-refractivity contribution in [2.75, 3.05) is 18.6 Å². The van der Waals surface area contributed by atoms with E-state index in [-0.39, 0.29) is 44.6 Å². The lowest BCUT2D eigenvalue weighted by atomic mass is 10.1. The molecule has 16 nitrogen and oxygen atoms in total. The quantitative estimate of drug-likeness (QED) is 0.0429. The molecule has 4 amide bonds. The Morgan fingerprint density at radius 1 is 0.838 bits per heavy atom. The molecule has 0 fully saturated rings. The largest absolute Gasteiger partial charge is 0.481 e. The first-order chi connectivity index (χ1) is 17.3. The van der Waals surface area contributed by atoms with E-state index in [4.69, 9.17) is 28.0 Å². The topological polar surface area (TPSA) is 295 Å². The number of aliphatic carboxylic acids is 2. The van der Waals surface area contributed by atoms with Crippen molar-refractivity contribution in [2.24, 2.45) is 27.9 Å². The van der Waals surface area contributed by atoms with Gasteiger partial charge in [0.2, 0.25) is 23.6 Å². The average molecular weight is 549 g/mol. The smallest absolute Gasteiger partial charge is 0.326 e.